The number of benzene rings is 1. The maximum Gasteiger partial charge on any atom is 0.325 e. The summed E-state index contributed by atoms with van der Waals surface area (Å²) in [6, 6.07) is 12.1. The summed E-state index contributed by atoms with van der Waals surface area (Å²) in [6.45, 7) is 16.6. The third-order valence-electron chi connectivity index (χ3n) is 4.53. The average Bonchev–Trinajstić information content (AvgIpc) is 3.27. The molecule has 0 bridgehead atoms. The van der Waals surface area contributed by atoms with Crippen LogP contribution in [-0.4, -0.2) is 24.3 Å². The number of allylic oxidation sites excluding steroid dienone is 5. The van der Waals surface area contributed by atoms with Gasteiger partial charge in [0.2, 0.25) is 0 Å². The van der Waals surface area contributed by atoms with Gasteiger partial charge in [0, 0.05) is 11.4 Å². The highest BCUT2D eigenvalue weighted by Gasteiger charge is 2.15. The van der Waals surface area contributed by atoms with E-state index in [9.17, 15) is 4.79 Å². The summed E-state index contributed by atoms with van der Waals surface area (Å²) in [5.41, 5.74) is 4.08. The fourth-order valence-corrected chi connectivity index (χ4v) is 3.13. The highest BCUT2D eigenvalue weighted by molar-refractivity contribution is 5.78. The molecule has 182 valence electrons. The van der Waals surface area contributed by atoms with Gasteiger partial charge < -0.3 is 14.0 Å². The predicted octanol–water partition coefficient (Wildman–Crippen LogP) is 8.10. The molecule has 1 heterocycles. The second kappa shape index (κ2) is 18.6. The number of carbonyl (C=O) groups excluding carboxylic acids is 1. The Morgan fingerprint density at radius 3 is 2.27 bits per heavy atom. The molecular formula is C29H43NO3. The van der Waals surface area contributed by atoms with E-state index in [0.29, 0.717) is 6.61 Å². The predicted molar refractivity (Wildman–Crippen MR) is 143 cm³/mol. The van der Waals surface area contributed by atoms with Crippen LogP contribution in [0, 0.1) is 0 Å². The van der Waals surface area contributed by atoms with Crippen molar-refractivity contribution in [3.63, 3.8) is 0 Å². The lowest BCUT2D eigenvalue weighted by atomic mass is 10.1. The van der Waals surface area contributed by atoms with Crippen LogP contribution >= 0.6 is 0 Å². The summed E-state index contributed by atoms with van der Waals surface area (Å²) in [4.78, 5) is 12.1. The Labute approximate surface area is 201 Å². The molecule has 0 saturated carbocycles. The van der Waals surface area contributed by atoms with Gasteiger partial charge in [0.1, 0.15) is 12.3 Å². The van der Waals surface area contributed by atoms with Gasteiger partial charge in [0.05, 0.1) is 13.7 Å². The molecule has 0 aliphatic rings. The first-order valence-electron chi connectivity index (χ1n) is 12.1. The molecule has 0 aliphatic carbocycles. The minimum atomic E-state index is -0.276. The van der Waals surface area contributed by atoms with Gasteiger partial charge in [-0.05, 0) is 73.7 Å². The van der Waals surface area contributed by atoms with E-state index in [2.05, 4.69) is 31.7 Å². The summed E-state index contributed by atoms with van der Waals surface area (Å²) >= 11 is 0. The van der Waals surface area contributed by atoms with E-state index in [1.807, 2.05) is 81.7 Å². The van der Waals surface area contributed by atoms with Gasteiger partial charge in [-0.1, -0.05) is 58.9 Å². The number of hydrogen-bond donors (Lipinski definition) is 0. The van der Waals surface area contributed by atoms with Crippen molar-refractivity contribution in [1.29, 1.82) is 0 Å². The summed E-state index contributed by atoms with van der Waals surface area (Å²) in [7, 11) is 1.42. The minimum Gasteiger partial charge on any atom is -0.494 e. The molecule has 4 heteroatoms. The number of ether oxygens (including phenoxy) is 2. The molecule has 33 heavy (non-hydrogen) atoms. The Bertz CT molecular complexity index is 857. The zero-order chi connectivity index (χ0) is 25.1. The van der Waals surface area contributed by atoms with Gasteiger partial charge in [0.15, 0.2) is 0 Å². The van der Waals surface area contributed by atoms with Gasteiger partial charge in [-0.25, -0.2) is 0 Å². The maximum atomic E-state index is 12.1. The topological polar surface area (TPSA) is 40.5 Å². The van der Waals surface area contributed by atoms with E-state index in [1.165, 1.54) is 7.11 Å². The first-order valence-corrected chi connectivity index (χ1v) is 12.1. The third-order valence-corrected chi connectivity index (χ3v) is 4.53. The monoisotopic (exact) mass is 453 g/mol. The molecule has 0 amide bonds. The molecule has 4 nitrogen and oxygen atoms in total. The molecule has 0 aliphatic heterocycles. The van der Waals surface area contributed by atoms with Crippen LogP contribution in [0.4, 0.5) is 0 Å². The van der Waals surface area contributed by atoms with E-state index in [4.69, 9.17) is 9.47 Å². The van der Waals surface area contributed by atoms with Gasteiger partial charge in [0.25, 0.3) is 0 Å². The van der Waals surface area contributed by atoms with Crippen LogP contribution in [0.5, 0.6) is 5.75 Å². The van der Waals surface area contributed by atoms with Crippen LogP contribution in [0.25, 0.3) is 16.8 Å². The zero-order valence-corrected chi connectivity index (χ0v) is 21.7. The Morgan fingerprint density at radius 2 is 1.73 bits per heavy atom. The van der Waals surface area contributed by atoms with Crippen molar-refractivity contribution in [2.24, 2.45) is 0 Å². The smallest absolute Gasteiger partial charge is 0.325 e. The van der Waals surface area contributed by atoms with Crippen molar-refractivity contribution in [3.8, 4) is 17.0 Å². The molecular weight excluding hydrogens is 410 g/mol. The summed E-state index contributed by atoms with van der Waals surface area (Å²) in [6.07, 6.45) is 10.9. The number of carbonyl (C=O) groups is 1. The molecule has 0 fully saturated rings. The normalized spacial score (nSPS) is 10.6. The maximum absolute atomic E-state index is 12.1. The van der Waals surface area contributed by atoms with Crippen LogP contribution in [0.2, 0.25) is 0 Å². The minimum absolute atomic E-state index is 0.159. The summed E-state index contributed by atoms with van der Waals surface area (Å²) < 4.78 is 12.7. The Morgan fingerprint density at radius 1 is 1.06 bits per heavy atom. The lowest BCUT2D eigenvalue weighted by molar-refractivity contribution is -0.141. The van der Waals surface area contributed by atoms with Crippen LogP contribution in [0.3, 0.4) is 0 Å². The number of rotatable bonds is 11. The van der Waals surface area contributed by atoms with Crippen LogP contribution in [0.1, 0.15) is 66.5 Å². The molecule has 0 unspecified atom stereocenters. The van der Waals surface area contributed by atoms with Gasteiger partial charge in [-0.15, -0.1) is 6.58 Å². The number of nitrogens with zero attached hydrogens (tertiary/aromatic N) is 1. The van der Waals surface area contributed by atoms with Crippen molar-refractivity contribution >= 4 is 11.5 Å². The van der Waals surface area contributed by atoms with Crippen molar-refractivity contribution in [2.75, 3.05) is 13.7 Å². The van der Waals surface area contributed by atoms with Gasteiger partial charge in [-0.2, -0.15) is 0 Å². The fourth-order valence-electron chi connectivity index (χ4n) is 3.13. The van der Waals surface area contributed by atoms with Crippen molar-refractivity contribution < 1.29 is 14.3 Å². The molecule has 0 atom stereocenters. The summed E-state index contributed by atoms with van der Waals surface area (Å²) in [5, 5.41) is 0. The quantitative estimate of drug-likeness (QED) is 0.149. The van der Waals surface area contributed by atoms with Crippen molar-refractivity contribution in [3.05, 3.63) is 73.0 Å². The van der Waals surface area contributed by atoms with Crippen molar-refractivity contribution in [2.45, 2.75) is 67.3 Å². The number of methoxy groups -OCH3 is 1. The second-order valence-electron chi connectivity index (χ2n) is 6.64. The Kier molecular flexibility index (Phi) is 16.9. The summed E-state index contributed by atoms with van der Waals surface area (Å²) in [5.74, 6) is 0.562. The number of aromatic nitrogens is 1. The van der Waals surface area contributed by atoms with Crippen LogP contribution < -0.4 is 4.74 Å². The molecule has 1 aromatic heterocycles. The molecule has 0 N–H and O–H groups in total. The Hall–Kier alpha value is -3.01. The third kappa shape index (κ3) is 9.98. The number of esters is 1. The number of unbranched alkanes of at least 4 members (excludes halogenated alkanes) is 1. The van der Waals surface area contributed by atoms with Gasteiger partial charge >= 0.3 is 5.97 Å². The van der Waals surface area contributed by atoms with Gasteiger partial charge in [-0.3, -0.25) is 4.79 Å². The lowest BCUT2D eigenvalue weighted by Crippen LogP contribution is -2.14. The zero-order valence-electron chi connectivity index (χ0n) is 21.7. The van der Waals surface area contributed by atoms with E-state index in [1.54, 1.807) is 0 Å². The van der Waals surface area contributed by atoms with Crippen molar-refractivity contribution in [1.82, 2.24) is 4.57 Å². The number of hydrogen-bond acceptors (Lipinski definition) is 3. The molecule has 0 saturated heterocycles. The standard InChI is InChI=1S/C25H31NO3.2C2H6/c1-5-8-9-18-29-22-14-12-21(13-15-22)24-17-16-23(20(10-6-2)11-7-3)26(24)19-25(27)28-4;2*1-2/h5-6,10-17H,1,7-9,18-19H2,2-4H3;2*1-2H3/b10-6-,20-11+;;. The molecule has 0 spiro atoms. The fraction of sp³-hybridized carbons (Fsp3) is 0.414. The second-order valence-corrected chi connectivity index (χ2v) is 6.64. The van der Waals surface area contributed by atoms with E-state index in [-0.39, 0.29) is 12.5 Å². The Balaban J connectivity index is 0.00000242. The van der Waals surface area contributed by atoms with E-state index >= 15 is 0 Å². The van der Waals surface area contributed by atoms with Crippen LogP contribution in [0.15, 0.2) is 67.3 Å². The first kappa shape index (κ1) is 30.0. The SMILES string of the molecule is C=CCCCOc1ccc(-c2ccc(C(/C=C\C)=C/CC)n2CC(=O)OC)cc1.CC.CC. The first-order chi connectivity index (χ1) is 16.1. The average molecular weight is 454 g/mol. The van der Waals surface area contributed by atoms with Crippen LogP contribution in [-0.2, 0) is 16.1 Å². The molecule has 1 aromatic carbocycles. The highest BCUT2D eigenvalue weighted by Crippen LogP contribution is 2.29. The molecule has 2 rings (SSSR count). The van der Waals surface area contributed by atoms with E-state index < -0.39 is 0 Å². The molecule has 2 aromatic rings. The molecule has 0 radical (unpaired) electrons. The lowest BCUT2D eigenvalue weighted by Gasteiger charge is -2.14. The largest absolute Gasteiger partial charge is 0.494 e. The highest BCUT2D eigenvalue weighted by atomic mass is 16.5. The van der Waals surface area contributed by atoms with E-state index in [0.717, 1.165) is 47.5 Å².